The number of hydrogen-bond donors (Lipinski definition) is 1. The summed E-state index contributed by atoms with van der Waals surface area (Å²) in [4.78, 5) is 42.4. The number of nitrogens with zero attached hydrogens (tertiary/aromatic N) is 3. The molecule has 4 rings (SSSR count). The van der Waals surface area contributed by atoms with Crippen LogP contribution in [-0.2, 0) is 9.59 Å². The number of aromatic nitrogens is 2. The second kappa shape index (κ2) is 7.40. The third-order valence-electron chi connectivity index (χ3n) is 4.89. The predicted octanol–water partition coefficient (Wildman–Crippen LogP) is 3.29. The molecule has 2 aromatic heterocycles. The first-order chi connectivity index (χ1) is 14.4. The zero-order valence-electron chi connectivity index (χ0n) is 16.2. The van der Waals surface area contributed by atoms with Gasteiger partial charge in [0.25, 0.3) is 11.8 Å². The SMILES string of the molecule is Cc1cc(/C=C2\C(=O)NC(=O)N(c3ccncc3)C2=O)c(C)n1-c1ccccc1F. The van der Waals surface area contributed by atoms with E-state index in [9.17, 15) is 18.8 Å². The van der Waals surface area contributed by atoms with Crippen molar-refractivity contribution in [2.45, 2.75) is 13.8 Å². The molecule has 1 saturated heterocycles. The number of para-hydroxylation sites is 1. The topological polar surface area (TPSA) is 84.3 Å². The number of benzene rings is 1. The average Bonchev–Trinajstić information content (AvgIpc) is 2.99. The molecule has 3 aromatic rings. The number of nitrogens with one attached hydrogen (secondary N) is 1. The van der Waals surface area contributed by atoms with Crippen molar-refractivity contribution in [1.29, 1.82) is 0 Å². The Labute approximate surface area is 171 Å². The molecule has 0 radical (unpaired) electrons. The zero-order chi connectivity index (χ0) is 21.4. The van der Waals surface area contributed by atoms with Gasteiger partial charge in [0.05, 0.1) is 11.4 Å². The Kier molecular flexibility index (Phi) is 4.75. The molecule has 1 fully saturated rings. The summed E-state index contributed by atoms with van der Waals surface area (Å²) in [7, 11) is 0. The molecule has 0 spiro atoms. The van der Waals surface area contributed by atoms with E-state index < -0.39 is 17.8 Å². The molecular formula is C22H17FN4O3. The normalized spacial score (nSPS) is 15.6. The van der Waals surface area contributed by atoms with Gasteiger partial charge in [0, 0.05) is 23.8 Å². The van der Waals surface area contributed by atoms with E-state index >= 15 is 0 Å². The number of halogens is 1. The lowest BCUT2D eigenvalue weighted by Gasteiger charge is -2.26. The summed E-state index contributed by atoms with van der Waals surface area (Å²) in [5.74, 6) is -1.92. The van der Waals surface area contributed by atoms with E-state index in [-0.39, 0.29) is 11.4 Å². The average molecular weight is 404 g/mol. The van der Waals surface area contributed by atoms with Gasteiger partial charge in [0.15, 0.2) is 0 Å². The molecular weight excluding hydrogens is 387 g/mol. The van der Waals surface area contributed by atoms with E-state index in [1.54, 1.807) is 42.7 Å². The molecule has 8 heteroatoms. The summed E-state index contributed by atoms with van der Waals surface area (Å²) in [6.45, 7) is 3.57. The van der Waals surface area contributed by atoms with Crippen LogP contribution in [0, 0.1) is 19.7 Å². The van der Waals surface area contributed by atoms with E-state index in [1.807, 2.05) is 0 Å². The Morgan fingerprint density at radius 1 is 1.03 bits per heavy atom. The van der Waals surface area contributed by atoms with Crippen molar-refractivity contribution in [3.63, 3.8) is 0 Å². The fourth-order valence-corrected chi connectivity index (χ4v) is 3.48. The number of aryl methyl sites for hydroxylation is 1. The number of carbonyl (C=O) groups excluding carboxylic acids is 3. The van der Waals surface area contributed by atoms with Crippen molar-refractivity contribution in [3.8, 4) is 5.69 Å². The summed E-state index contributed by atoms with van der Waals surface area (Å²) in [6, 6.07) is 10.3. The Morgan fingerprint density at radius 2 is 1.73 bits per heavy atom. The number of pyridine rings is 1. The number of urea groups is 1. The van der Waals surface area contributed by atoms with Crippen LogP contribution in [0.5, 0.6) is 0 Å². The molecule has 1 aliphatic rings. The van der Waals surface area contributed by atoms with Crippen molar-refractivity contribution >= 4 is 29.6 Å². The fourth-order valence-electron chi connectivity index (χ4n) is 3.48. The van der Waals surface area contributed by atoms with Crippen LogP contribution in [0.3, 0.4) is 0 Å². The lowest BCUT2D eigenvalue weighted by Crippen LogP contribution is -2.54. The van der Waals surface area contributed by atoms with Crippen molar-refractivity contribution < 1.29 is 18.8 Å². The highest BCUT2D eigenvalue weighted by atomic mass is 19.1. The summed E-state index contributed by atoms with van der Waals surface area (Å²) >= 11 is 0. The second-order valence-electron chi connectivity index (χ2n) is 6.78. The Morgan fingerprint density at radius 3 is 2.43 bits per heavy atom. The number of amides is 4. The quantitative estimate of drug-likeness (QED) is 0.536. The zero-order valence-corrected chi connectivity index (χ0v) is 16.2. The van der Waals surface area contributed by atoms with Crippen molar-refractivity contribution in [2.75, 3.05) is 4.90 Å². The molecule has 0 unspecified atom stereocenters. The summed E-state index contributed by atoms with van der Waals surface area (Å²) in [5.41, 5.74) is 2.42. The van der Waals surface area contributed by atoms with Crippen LogP contribution in [0.15, 0.2) is 60.4 Å². The maximum atomic E-state index is 14.3. The summed E-state index contributed by atoms with van der Waals surface area (Å²) < 4.78 is 16.0. The third kappa shape index (κ3) is 3.18. The molecule has 1 aliphatic heterocycles. The number of carbonyl (C=O) groups is 3. The number of rotatable bonds is 3. The van der Waals surface area contributed by atoms with Crippen LogP contribution in [0.4, 0.5) is 14.9 Å². The van der Waals surface area contributed by atoms with E-state index in [0.29, 0.717) is 22.6 Å². The van der Waals surface area contributed by atoms with Gasteiger partial charge in [-0.25, -0.2) is 14.1 Å². The van der Waals surface area contributed by atoms with Gasteiger partial charge in [0.2, 0.25) is 0 Å². The summed E-state index contributed by atoms with van der Waals surface area (Å²) in [5, 5.41) is 2.18. The maximum absolute atomic E-state index is 14.3. The van der Waals surface area contributed by atoms with Crippen LogP contribution in [0.1, 0.15) is 17.0 Å². The van der Waals surface area contributed by atoms with Gasteiger partial charge in [-0.15, -0.1) is 0 Å². The molecule has 0 bridgehead atoms. The Hall–Kier alpha value is -4.07. The van der Waals surface area contributed by atoms with E-state index in [4.69, 9.17) is 0 Å². The molecule has 0 saturated carbocycles. The van der Waals surface area contributed by atoms with Gasteiger partial charge in [0.1, 0.15) is 11.4 Å². The first-order valence-electron chi connectivity index (χ1n) is 9.14. The van der Waals surface area contributed by atoms with Crippen molar-refractivity contribution in [3.05, 3.63) is 83.2 Å². The molecule has 150 valence electrons. The first-order valence-corrected chi connectivity index (χ1v) is 9.14. The smallest absolute Gasteiger partial charge is 0.315 e. The van der Waals surface area contributed by atoms with Crippen LogP contribution in [0.25, 0.3) is 11.8 Å². The van der Waals surface area contributed by atoms with Crippen molar-refractivity contribution in [2.24, 2.45) is 0 Å². The fraction of sp³-hybridized carbons (Fsp3) is 0.0909. The molecule has 0 aliphatic carbocycles. The highest BCUT2D eigenvalue weighted by molar-refractivity contribution is 6.39. The highest BCUT2D eigenvalue weighted by Gasteiger charge is 2.37. The number of imide groups is 2. The monoisotopic (exact) mass is 404 g/mol. The molecule has 0 atom stereocenters. The minimum Gasteiger partial charge on any atom is -0.315 e. The molecule has 3 heterocycles. The first kappa shape index (κ1) is 19.3. The molecule has 7 nitrogen and oxygen atoms in total. The van der Waals surface area contributed by atoms with Crippen LogP contribution in [0.2, 0.25) is 0 Å². The Balaban J connectivity index is 1.79. The van der Waals surface area contributed by atoms with Gasteiger partial charge < -0.3 is 4.57 Å². The van der Waals surface area contributed by atoms with Crippen LogP contribution < -0.4 is 10.2 Å². The van der Waals surface area contributed by atoms with Gasteiger partial charge >= 0.3 is 6.03 Å². The maximum Gasteiger partial charge on any atom is 0.335 e. The number of anilines is 1. The number of barbiturate groups is 1. The Bertz CT molecular complexity index is 1210. The predicted molar refractivity (Wildman–Crippen MR) is 108 cm³/mol. The van der Waals surface area contributed by atoms with Crippen LogP contribution >= 0.6 is 0 Å². The number of hydrogen-bond acceptors (Lipinski definition) is 4. The van der Waals surface area contributed by atoms with Crippen molar-refractivity contribution in [1.82, 2.24) is 14.9 Å². The molecule has 1 aromatic carbocycles. The molecule has 4 amide bonds. The van der Waals surface area contributed by atoms with Gasteiger partial charge in [-0.05, 0) is 55.8 Å². The van der Waals surface area contributed by atoms with E-state index in [2.05, 4.69) is 10.3 Å². The summed E-state index contributed by atoms with van der Waals surface area (Å²) in [6.07, 6.45) is 4.30. The lowest BCUT2D eigenvalue weighted by atomic mass is 10.1. The van der Waals surface area contributed by atoms with E-state index in [1.165, 1.54) is 36.7 Å². The largest absolute Gasteiger partial charge is 0.335 e. The van der Waals surface area contributed by atoms with Gasteiger partial charge in [-0.2, -0.15) is 0 Å². The third-order valence-corrected chi connectivity index (χ3v) is 4.89. The second-order valence-corrected chi connectivity index (χ2v) is 6.78. The minimum atomic E-state index is -0.829. The highest BCUT2D eigenvalue weighted by Crippen LogP contribution is 2.26. The van der Waals surface area contributed by atoms with E-state index in [0.717, 1.165) is 10.6 Å². The van der Waals surface area contributed by atoms with Gasteiger partial charge in [-0.3, -0.25) is 19.9 Å². The lowest BCUT2D eigenvalue weighted by molar-refractivity contribution is -0.122. The van der Waals surface area contributed by atoms with Crippen LogP contribution in [-0.4, -0.2) is 27.4 Å². The molecule has 1 N–H and O–H groups in total. The minimum absolute atomic E-state index is 0.194. The molecule has 30 heavy (non-hydrogen) atoms. The standard InChI is InChI=1S/C22H17FN4O3/c1-13-11-15(14(2)26(13)19-6-4-3-5-18(19)23)12-17-20(28)25-22(30)27(21(17)29)16-7-9-24-10-8-16/h3-12H,1-2H3,(H,25,28,30)/b17-12+. The van der Waals surface area contributed by atoms with Gasteiger partial charge in [-0.1, -0.05) is 12.1 Å².